The summed E-state index contributed by atoms with van der Waals surface area (Å²) in [6, 6.07) is 7.53. The molecule has 2 amide bonds. The average Bonchev–Trinajstić information content (AvgIpc) is 2.76. The van der Waals surface area contributed by atoms with Crippen molar-refractivity contribution in [2.45, 2.75) is 26.8 Å². The number of aromatic nitrogens is 1. The van der Waals surface area contributed by atoms with Crippen molar-refractivity contribution in [2.75, 3.05) is 42.6 Å². The van der Waals surface area contributed by atoms with Gasteiger partial charge in [-0.25, -0.2) is 17.6 Å². The average molecular weight is 450 g/mol. The van der Waals surface area contributed by atoms with E-state index in [4.69, 9.17) is 0 Å². The highest BCUT2D eigenvalue weighted by Crippen LogP contribution is 2.28. The Kier molecular flexibility index (Phi) is 7.24. The third-order valence-electron chi connectivity index (χ3n) is 5.48. The summed E-state index contributed by atoms with van der Waals surface area (Å²) in [5, 5.41) is 5.18. The van der Waals surface area contributed by atoms with E-state index in [2.05, 4.69) is 15.6 Å². The van der Waals surface area contributed by atoms with Crippen molar-refractivity contribution in [3.8, 4) is 0 Å². The zero-order chi connectivity index (χ0) is 22.6. The van der Waals surface area contributed by atoms with Crippen LogP contribution in [-0.2, 0) is 10.0 Å². The normalized spacial score (nSPS) is 16.6. The molecule has 1 aromatic heterocycles. The number of carbonyl (C=O) groups is 1. The minimum absolute atomic E-state index is 0.0750. The smallest absolute Gasteiger partial charge is 0.306 e. The summed E-state index contributed by atoms with van der Waals surface area (Å²) in [5.74, 6) is -0.429. The molecular weight excluding hydrogens is 421 g/mol. The van der Waals surface area contributed by atoms with Crippen LogP contribution in [0.25, 0.3) is 0 Å². The Hall–Kier alpha value is -2.56. The lowest BCUT2D eigenvalue weighted by molar-refractivity contribution is 0.144. The molecule has 2 heterocycles. The molecule has 1 saturated heterocycles. The van der Waals surface area contributed by atoms with Crippen LogP contribution in [0.5, 0.6) is 0 Å². The van der Waals surface area contributed by atoms with Gasteiger partial charge < -0.3 is 10.6 Å². The summed E-state index contributed by atoms with van der Waals surface area (Å²) in [6.45, 7) is 7.14. The van der Waals surface area contributed by atoms with Crippen molar-refractivity contribution in [1.29, 1.82) is 0 Å². The van der Waals surface area contributed by atoms with Crippen LogP contribution in [0.15, 0.2) is 36.5 Å². The van der Waals surface area contributed by atoms with Gasteiger partial charge in [0.25, 0.3) is 0 Å². The molecule has 0 radical (unpaired) electrons. The zero-order valence-corrected chi connectivity index (χ0v) is 18.7. The Morgan fingerprint density at radius 1 is 1.16 bits per heavy atom. The number of hydrogen-bond donors (Lipinski definition) is 2. The Bertz CT molecular complexity index is 1020. The fourth-order valence-electron chi connectivity index (χ4n) is 3.54. The first-order valence-electron chi connectivity index (χ1n) is 10.2. The number of piperazine rings is 1. The minimum atomic E-state index is -3.22. The Morgan fingerprint density at radius 2 is 1.87 bits per heavy atom. The number of benzene rings is 1. The van der Waals surface area contributed by atoms with Gasteiger partial charge in [-0.3, -0.25) is 9.88 Å². The number of urea groups is 1. The van der Waals surface area contributed by atoms with Gasteiger partial charge in [0.1, 0.15) is 0 Å². The molecule has 8 nitrogen and oxygen atoms in total. The van der Waals surface area contributed by atoms with Gasteiger partial charge in [0, 0.05) is 43.5 Å². The third-order valence-corrected chi connectivity index (χ3v) is 7.36. The third kappa shape index (κ3) is 5.57. The second kappa shape index (κ2) is 9.71. The molecule has 1 aromatic carbocycles. The summed E-state index contributed by atoms with van der Waals surface area (Å²) in [5.41, 5.74) is 1.86. The van der Waals surface area contributed by atoms with Gasteiger partial charge in [-0.2, -0.15) is 4.31 Å². The van der Waals surface area contributed by atoms with Crippen LogP contribution in [0.4, 0.5) is 20.6 Å². The Balaban J connectivity index is 1.66. The molecule has 0 aliphatic carbocycles. The molecule has 3 rings (SSSR count). The number of carbonyl (C=O) groups excluding carboxylic acids is 1. The van der Waals surface area contributed by atoms with E-state index in [-0.39, 0.29) is 17.5 Å². The predicted molar refractivity (Wildman–Crippen MR) is 119 cm³/mol. The highest BCUT2D eigenvalue weighted by molar-refractivity contribution is 7.89. The van der Waals surface area contributed by atoms with E-state index >= 15 is 4.39 Å². The minimum Gasteiger partial charge on any atom is -0.306 e. The van der Waals surface area contributed by atoms with Gasteiger partial charge in [-0.05, 0) is 39.0 Å². The summed E-state index contributed by atoms with van der Waals surface area (Å²) < 4.78 is 40.7. The largest absolute Gasteiger partial charge is 0.323 e. The highest BCUT2D eigenvalue weighted by Gasteiger charge is 2.29. The number of amides is 2. The van der Waals surface area contributed by atoms with Crippen molar-refractivity contribution >= 4 is 27.4 Å². The Morgan fingerprint density at radius 3 is 2.48 bits per heavy atom. The standard InChI is InChI=1S/C21H28FN5O3S/c1-4-31(29,30)27-12-10-26(11-13-27)16(3)18-6-5-7-19(20(18)22)25-21(28)24-17-9-8-15(2)23-14-17/h5-9,14,16H,4,10-13H2,1-3H3,(H2,24,25,28)/t16-/m1/s1. The van der Waals surface area contributed by atoms with E-state index in [1.165, 1.54) is 16.6 Å². The first kappa shape index (κ1) is 23.1. The van der Waals surface area contributed by atoms with Gasteiger partial charge in [0.05, 0.1) is 23.3 Å². The van der Waals surface area contributed by atoms with Gasteiger partial charge >= 0.3 is 6.03 Å². The molecule has 0 unspecified atom stereocenters. The van der Waals surface area contributed by atoms with Crippen molar-refractivity contribution < 1.29 is 17.6 Å². The lowest BCUT2D eigenvalue weighted by Crippen LogP contribution is -2.49. The number of sulfonamides is 1. The topological polar surface area (TPSA) is 94.6 Å². The molecular formula is C21H28FN5O3S. The number of anilines is 2. The molecule has 168 valence electrons. The van der Waals surface area contributed by atoms with E-state index in [1.807, 2.05) is 18.7 Å². The van der Waals surface area contributed by atoms with E-state index < -0.39 is 21.9 Å². The number of halogens is 1. The second-order valence-electron chi connectivity index (χ2n) is 7.49. The fourth-order valence-corrected chi connectivity index (χ4v) is 4.63. The van der Waals surface area contributed by atoms with Crippen LogP contribution in [0, 0.1) is 12.7 Å². The summed E-state index contributed by atoms with van der Waals surface area (Å²) >= 11 is 0. The first-order valence-corrected chi connectivity index (χ1v) is 11.8. The summed E-state index contributed by atoms with van der Waals surface area (Å²) in [7, 11) is -3.22. The van der Waals surface area contributed by atoms with Gasteiger partial charge in [0.2, 0.25) is 10.0 Å². The molecule has 1 atom stereocenters. The van der Waals surface area contributed by atoms with E-state index in [1.54, 1.807) is 31.2 Å². The van der Waals surface area contributed by atoms with Crippen molar-refractivity contribution in [3.05, 3.63) is 53.6 Å². The maximum Gasteiger partial charge on any atom is 0.323 e. The molecule has 0 spiro atoms. The van der Waals surface area contributed by atoms with Crippen LogP contribution in [0.1, 0.15) is 31.1 Å². The first-order chi connectivity index (χ1) is 14.7. The molecule has 0 saturated carbocycles. The van der Waals surface area contributed by atoms with Crippen LogP contribution in [0.2, 0.25) is 0 Å². The molecule has 2 aromatic rings. The number of rotatable bonds is 6. The lowest BCUT2D eigenvalue weighted by atomic mass is 10.0. The van der Waals surface area contributed by atoms with Gasteiger partial charge in [-0.15, -0.1) is 0 Å². The van der Waals surface area contributed by atoms with E-state index in [0.717, 1.165) is 5.69 Å². The summed E-state index contributed by atoms with van der Waals surface area (Å²) in [6.07, 6.45) is 1.53. The van der Waals surface area contributed by atoms with Gasteiger partial charge in [0.15, 0.2) is 5.82 Å². The number of nitrogens with zero attached hydrogens (tertiary/aromatic N) is 3. The van der Waals surface area contributed by atoms with Crippen LogP contribution in [0.3, 0.4) is 0 Å². The molecule has 1 aliphatic rings. The van der Waals surface area contributed by atoms with E-state index in [0.29, 0.717) is 37.4 Å². The molecule has 0 bridgehead atoms. The highest BCUT2D eigenvalue weighted by atomic mass is 32.2. The lowest BCUT2D eigenvalue weighted by Gasteiger charge is -2.37. The monoisotopic (exact) mass is 449 g/mol. The van der Waals surface area contributed by atoms with Crippen LogP contribution >= 0.6 is 0 Å². The zero-order valence-electron chi connectivity index (χ0n) is 17.9. The van der Waals surface area contributed by atoms with E-state index in [9.17, 15) is 13.2 Å². The van der Waals surface area contributed by atoms with Crippen LogP contribution in [-0.4, -0.2) is 60.6 Å². The van der Waals surface area contributed by atoms with Crippen LogP contribution < -0.4 is 10.6 Å². The predicted octanol–water partition coefficient (Wildman–Crippen LogP) is 3.20. The molecule has 1 aliphatic heterocycles. The Labute approximate surface area is 182 Å². The van der Waals surface area contributed by atoms with Crippen molar-refractivity contribution in [2.24, 2.45) is 0 Å². The number of nitrogens with one attached hydrogen (secondary N) is 2. The van der Waals surface area contributed by atoms with Crippen molar-refractivity contribution in [1.82, 2.24) is 14.2 Å². The molecule has 31 heavy (non-hydrogen) atoms. The second-order valence-corrected chi connectivity index (χ2v) is 9.75. The maximum atomic E-state index is 15.2. The molecule has 2 N–H and O–H groups in total. The molecule has 1 fully saturated rings. The van der Waals surface area contributed by atoms with Crippen molar-refractivity contribution in [3.63, 3.8) is 0 Å². The quantitative estimate of drug-likeness (QED) is 0.706. The SMILES string of the molecule is CCS(=O)(=O)N1CCN([C@H](C)c2cccc(NC(=O)Nc3ccc(C)nc3)c2F)CC1. The number of pyridine rings is 1. The fraction of sp³-hybridized carbons (Fsp3) is 0.429. The number of aryl methyl sites for hydroxylation is 1. The summed E-state index contributed by atoms with van der Waals surface area (Å²) in [4.78, 5) is 18.4. The van der Waals surface area contributed by atoms with Gasteiger partial charge in [-0.1, -0.05) is 12.1 Å². The maximum absolute atomic E-state index is 15.2. The molecule has 10 heteroatoms. The number of hydrogen-bond acceptors (Lipinski definition) is 5.